The summed E-state index contributed by atoms with van der Waals surface area (Å²) in [6, 6.07) is 9.36. The lowest BCUT2D eigenvalue weighted by Crippen LogP contribution is -2.44. The van der Waals surface area contributed by atoms with Crippen molar-refractivity contribution in [3.63, 3.8) is 0 Å². The first-order valence-corrected chi connectivity index (χ1v) is 10.2. The molecule has 0 unspecified atom stereocenters. The quantitative estimate of drug-likeness (QED) is 0.839. The Morgan fingerprint density at radius 3 is 2.31 bits per heavy atom. The van der Waals surface area contributed by atoms with Gasteiger partial charge >= 0.3 is 0 Å². The maximum absolute atomic E-state index is 4.75. The molecule has 3 aliphatic rings. The van der Waals surface area contributed by atoms with Crippen molar-refractivity contribution in [2.24, 2.45) is 5.41 Å². The molecule has 136 valence electrons. The molecular formula is C22H28N4. The summed E-state index contributed by atoms with van der Waals surface area (Å²) in [5.41, 5.74) is 2.93. The molecule has 2 saturated heterocycles. The number of hydrogen-bond donors (Lipinski definition) is 0. The number of nitrogens with zero attached hydrogens (tertiary/aromatic N) is 4. The summed E-state index contributed by atoms with van der Waals surface area (Å²) in [6.07, 6.45) is 14.1. The molecule has 2 aromatic heterocycles. The third kappa shape index (κ3) is 3.01. The van der Waals surface area contributed by atoms with Crippen molar-refractivity contribution in [2.75, 3.05) is 31.1 Å². The van der Waals surface area contributed by atoms with E-state index in [1.54, 1.807) is 0 Å². The van der Waals surface area contributed by atoms with Crippen LogP contribution in [0.3, 0.4) is 0 Å². The fraction of sp³-hybridized carbons (Fsp3) is 0.545. The van der Waals surface area contributed by atoms with Crippen LogP contribution in [0.5, 0.6) is 0 Å². The zero-order chi connectivity index (χ0) is 17.4. The molecule has 2 aromatic rings. The molecule has 0 atom stereocenters. The van der Waals surface area contributed by atoms with Crippen LogP contribution in [0.4, 0.5) is 5.82 Å². The predicted octanol–water partition coefficient (Wildman–Crippen LogP) is 3.99. The molecule has 0 radical (unpaired) electrons. The smallest absolute Gasteiger partial charge is 0.128 e. The van der Waals surface area contributed by atoms with Gasteiger partial charge < -0.3 is 4.90 Å². The highest BCUT2D eigenvalue weighted by Crippen LogP contribution is 2.43. The number of likely N-dealkylation sites (tertiary alicyclic amines) is 1. The molecule has 4 heteroatoms. The number of anilines is 1. The zero-order valence-electron chi connectivity index (χ0n) is 15.5. The Morgan fingerprint density at radius 1 is 0.885 bits per heavy atom. The van der Waals surface area contributed by atoms with Gasteiger partial charge in [0.05, 0.1) is 0 Å². The van der Waals surface area contributed by atoms with E-state index in [0.29, 0.717) is 5.41 Å². The summed E-state index contributed by atoms with van der Waals surface area (Å²) in [6.45, 7) is 4.99. The van der Waals surface area contributed by atoms with E-state index in [0.717, 1.165) is 30.5 Å². The maximum atomic E-state index is 4.75. The molecule has 0 amide bonds. The van der Waals surface area contributed by atoms with Gasteiger partial charge in [-0.05, 0) is 73.9 Å². The van der Waals surface area contributed by atoms with Crippen LogP contribution in [0.25, 0.3) is 11.1 Å². The third-order valence-corrected chi connectivity index (χ3v) is 6.97. The summed E-state index contributed by atoms with van der Waals surface area (Å²) in [5, 5.41) is 0. The molecule has 26 heavy (non-hydrogen) atoms. The van der Waals surface area contributed by atoms with Crippen LogP contribution in [0, 0.1) is 5.41 Å². The number of hydrogen-bond acceptors (Lipinski definition) is 4. The first-order chi connectivity index (χ1) is 12.8. The topological polar surface area (TPSA) is 32.3 Å². The van der Waals surface area contributed by atoms with Gasteiger partial charge in [-0.25, -0.2) is 4.98 Å². The van der Waals surface area contributed by atoms with Gasteiger partial charge in [-0.15, -0.1) is 0 Å². The van der Waals surface area contributed by atoms with Crippen molar-refractivity contribution >= 4 is 5.82 Å². The van der Waals surface area contributed by atoms with Crippen LogP contribution in [-0.2, 0) is 0 Å². The summed E-state index contributed by atoms with van der Waals surface area (Å²) >= 11 is 0. The van der Waals surface area contributed by atoms with E-state index in [4.69, 9.17) is 4.98 Å². The zero-order valence-corrected chi connectivity index (χ0v) is 15.5. The molecule has 4 heterocycles. The Kier molecular flexibility index (Phi) is 4.16. The highest BCUT2D eigenvalue weighted by Gasteiger charge is 2.43. The molecule has 0 bridgehead atoms. The van der Waals surface area contributed by atoms with Gasteiger partial charge in [0.1, 0.15) is 5.82 Å². The minimum Gasteiger partial charge on any atom is -0.357 e. The fourth-order valence-corrected chi connectivity index (χ4v) is 4.94. The van der Waals surface area contributed by atoms with E-state index in [1.807, 2.05) is 30.7 Å². The van der Waals surface area contributed by atoms with Gasteiger partial charge in [0.15, 0.2) is 0 Å². The normalized spacial score (nSPS) is 23.3. The highest BCUT2D eigenvalue weighted by molar-refractivity contribution is 5.63. The van der Waals surface area contributed by atoms with Crippen LogP contribution >= 0.6 is 0 Å². The van der Waals surface area contributed by atoms with Crippen LogP contribution < -0.4 is 4.90 Å². The Bertz CT molecular complexity index is 730. The highest BCUT2D eigenvalue weighted by atomic mass is 15.2. The number of pyridine rings is 2. The van der Waals surface area contributed by atoms with Crippen molar-refractivity contribution < 1.29 is 0 Å². The van der Waals surface area contributed by atoms with E-state index in [-0.39, 0.29) is 0 Å². The second kappa shape index (κ2) is 6.66. The van der Waals surface area contributed by atoms with Crippen molar-refractivity contribution in [3.05, 3.63) is 42.9 Å². The molecule has 2 aliphatic heterocycles. The van der Waals surface area contributed by atoms with Gasteiger partial charge in [-0.3, -0.25) is 9.88 Å². The summed E-state index contributed by atoms with van der Waals surface area (Å²) in [7, 11) is 0. The maximum Gasteiger partial charge on any atom is 0.128 e. The van der Waals surface area contributed by atoms with Crippen LogP contribution in [0.2, 0.25) is 0 Å². The average Bonchev–Trinajstić information content (AvgIpc) is 3.05. The van der Waals surface area contributed by atoms with Crippen molar-refractivity contribution in [3.8, 4) is 11.1 Å². The molecule has 3 fully saturated rings. The first kappa shape index (κ1) is 16.2. The number of aromatic nitrogens is 2. The van der Waals surface area contributed by atoms with Crippen LogP contribution in [0.1, 0.15) is 38.5 Å². The molecule has 1 saturated carbocycles. The lowest BCUT2D eigenvalue weighted by molar-refractivity contribution is 0.127. The Morgan fingerprint density at radius 2 is 1.65 bits per heavy atom. The Balaban J connectivity index is 1.22. The van der Waals surface area contributed by atoms with Gasteiger partial charge in [0, 0.05) is 49.8 Å². The average molecular weight is 348 g/mol. The third-order valence-electron chi connectivity index (χ3n) is 6.97. The predicted molar refractivity (Wildman–Crippen MR) is 105 cm³/mol. The second-order valence-corrected chi connectivity index (χ2v) is 8.43. The largest absolute Gasteiger partial charge is 0.357 e. The molecule has 0 aromatic carbocycles. The molecule has 4 nitrogen and oxygen atoms in total. The minimum absolute atomic E-state index is 0.586. The Hall–Kier alpha value is -1.94. The van der Waals surface area contributed by atoms with E-state index in [9.17, 15) is 0 Å². The monoisotopic (exact) mass is 348 g/mol. The standard InChI is InChI=1S/C22H28N4/c1-2-20(3-1)26-15-10-22(17-26)8-13-25(14-9-22)21-5-4-19(16-24-21)18-6-11-23-12-7-18/h4-7,11-12,16,20H,1-3,8-10,13-15,17H2. The molecule has 0 N–H and O–H groups in total. The van der Waals surface area contributed by atoms with E-state index < -0.39 is 0 Å². The van der Waals surface area contributed by atoms with Crippen molar-refractivity contribution in [1.82, 2.24) is 14.9 Å². The second-order valence-electron chi connectivity index (χ2n) is 8.43. The first-order valence-electron chi connectivity index (χ1n) is 10.2. The summed E-state index contributed by atoms with van der Waals surface area (Å²) in [5.74, 6) is 1.13. The number of piperidine rings is 1. The van der Waals surface area contributed by atoms with Crippen molar-refractivity contribution in [2.45, 2.75) is 44.6 Å². The fourth-order valence-electron chi connectivity index (χ4n) is 4.94. The lowest BCUT2D eigenvalue weighted by atomic mass is 9.77. The summed E-state index contributed by atoms with van der Waals surface area (Å²) < 4.78 is 0. The Labute approximate surface area is 156 Å². The molecule has 1 spiro atoms. The van der Waals surface area contributed by atoms with Gasteiger partial charge in [-0.1, -0.05) is 6.42 Å². The van der Waals surface area contributed by atoms with E-state index in [1.165, 1.54) is 57.2 Å². The summed E-state index contributed by atoms with van der Waals surface area (Å²) in [4.78, 5) is 14.1. The number of rotatable bonds is 3. The molecule has 5 rings (SSSR count). The van der Waals surface area contributed by atoms with Crippen molar-refractivity contribution in [1.29, 1.82) is 0 Å². The minimum atomic E-state index is 0.586. The van der Waals surface area contributed by atoms with Crippen LogP contribution in [-0.4, -0.2) is 47.1 Å². The van der Waals surface area contributed by atoms with Gasteiger partial charge in [-0.2, -0.15) is 0 Å². The van der Waals surface area contributed by atoms with Gasteiger partial charge in [0.2, 0.25) is 0 Å². The van der Waals surface area contributed by atoms with Gasteiger partial charge in [0.25, 0.3) is 0 Å². The molecular weight excluding hydrogens is 320 g/mol. The van der Waals surface area contributed by atoms with E-state index in [2.05, 4.69) is 26.9 Å². The lowest BCUT2D eigenvalue weighted by Gasteiger charge is -2.41. The van der Waals surface area contributed by atoms with Crippen LogP contribution in [0.15, 0.2) is 42.9 Å². The SMILES string of the molecule is c1cc(-c2ccc(N3CCC4(CC3)CCN(C3CCC3)C4)nc2)ccn1. The molecule has 1 aliphatic carbocycles. The van der Waals surface area contributed by atoms with E-state index >= 15 is 0 Å².